The zero-order chi connectivity index (χ0) is 15.7. The van der Waals surface area contributed by atoms with Gasteiger partial charge in [-0.25, -0.2) is 4.79 Å². The van der Waals surface area contributed by atoms with Gasteiger partial charge in [-0.05, 0) is 30.7 Å². The Balaban J connectivity index is 1.71. The molecule has 2 saturated heterocycles. The summed E-state index contributed by atoms with van der Waals surface area (Å²) in [5.41, 5.74) is 1.49. The van der Waals surface area contributed by atoms with Gasteiger partial charge < -0.3 is 19.6 Å². The molecule has 0 spiro atoms. The quantitative estimate of drug-likeness (QED) is 0.857. The minimum Gasteiger partial charge on any atom is -0.450 e. The fourth-order valence-corrected chi connectivity index (χ4v) is 2.88. The minimum atomic E-state index is -1.37. The number of anilines is 2. The van der Waals surface area contributed by atoms with Gasteiger partial charge in [0.25, 0.3) is 0 Å². The summed E-state index contributed by atoms with van der Waals surface area (Å²) >= 11 is 0. The summed E-state index contributed by atoms with van der Waals surface area (Å²) in [7, 11) is 0. The van der Waals surface area contributed by atoms with Crippen LogP contribution in [-0.4, -0.2) is 42.3 Å². The highest BCUT2D eigenvalue weighted by Gasteiger charge is 2.33. The van der Waals surface area contributed by atoms with Crippen molar-refractivity contribution in [3.63, 3.8) is 0 Å². The summed E-state index contributed by atoms with van der Waals surface area (Å²) < 4.78 is 4.65. The predicted molar refractivity (Wildman–Crippen MR) is 77.9 cm³/mol. The number of nitrogens with zero attached hydrogens (tertiary/aromatic N) is 2. The van der Waals surface area contributed by atoms with Crippen molar-refractivity contribution < 1.29 is 24.2 Å². The van der Waals surface area contributed by atoms with E-state index in [1.165, 1.54) is 4.90 Å². The van der Waals surface area contributed by atoms with E-state index in [1.807, 2.05) is 0 Å². The van der Waals surface area contributed by atoms with Crippen molar-refractivity contribution in [2.45, 2.75) is 25.4 Å². The topological polar surface area (TPSA) is 87.2 Å². The second-order valence-corrected chi connectivity index (χ2v) is 5.38. The molecule has 2 fully saturated rings. The molecule has 2 amide bonds. The van der Waals surface area contributed by atoms with E-state index >= 15 is 0 Å². The van der Waals surface area contributed by atoms with Crippen LogP contribution in [0, 0.1) is 0 Å². The highest BCUT2D eigenvalue weighted by Crippen LogP contribution is 2.27. The van der Waals surface area contributed by atoms with Crippen LogP contribution in [0.4, 0.5) is 16.2 Å². The van der Waals surface area contributed by atoms with Gasteiger partial charge >= 0.3 is 6.16 Å². The van der Waals surface area contributed by atoms with Crippen molar-refractivity contribution in [2.75, 3.05) is 22.9 Å². The molecule has 1 aromatic rings. The smallest absolute Gasteiger partial charge is 0.450 e. The number of carbonyl (C=O) groups is 3. The van der Waals surface area contributed by atoms with E-state index in [1.54, 1.807) is 29.2 Å². The third-order valence-electron chi connectivity index (χ3n) is 3.90. The number of benzene rings is 1. The van der Waals surface area contributed by atoms with E-state index < -0.39 is 12.3 Å². The van der Waals surface area contributed by atoms with E-state index in [0.29, 0.717) is 12.1 Å². The molecule has 1 aromatic carbocycles. The fourth-order valence-electron chi connectivity index (χ4n) is 2.88. The maximum Gasteiger partial charge on any atom is 0.506 e. The van der Waals surface area contributed by atoms with Crippen LogP contribution in [0.15, 0.2) is 24.3 Å². The summed E-state index contributed by atoms with van der Waals surface area (Å²) in [4.78, 5) is 37.4. The van der Waals surface area contributed by atoms with Gasteiger partial charge in [-0.15, -0.1) is 0 Å². The van der Waals surface area contributed by atoms with Crippen LogP contribution in [0.2, 0.25) is 0 Å². The van der Waals surface area contributed by atoms with Crippen LogP contribution in [0.1, 0.15) is 19.3 Å². The molecule has 2 heterocycles. The summed E-state index contributed by atoms with van der Waals surface area (Å²) in [5, 5.41) is 8.61. The molecule has 0 aliphatic carbocycles. The van der Waals surface area contributed by atoms with Crippen LogP contribution >= 0.6 is 0 Å². The van der Waals surface area contributed by atoms with Gasteiger partial charge in [-0.1, -0.05) is 0 Å². The number of hydrogen-bond acceptors (Lipinski definition) is 4. The van der Waals surface area contributed by atoms with Crippen molar-refractivity contribution >= 4 is 29.3 Å². The van der Waals surface area contributed by atoms with Gasteiger partial charge in [0.1, 0.15) is 6.10 Å². The van der Waals surface area contributed by atoms with Crippen molar-refractivity contribution in [3.05, 3.63) is 24.3 Å². The number of amides is 2. The Bertz CT molecular complexity index is 613. The van der Waals surface area contributed by atoms with Gasteiger partial charge in [0.2, 0.25) is 11.8 Å². The van der Waals surface area contributed by atoms with Crippen molar-refractivity contribution in [2.24, 2.45) is 0 Å². The second-order valence-electron chi connectivity index (χ2n) is 5.38. The molecule has 1 N–H and O–H groups in total. The normalized spacial score (nSPS) is 21.5. The van der Waals surface area contributed by atoms with Crippen LogP contribution in [0.3, 0.4) is 0 Å². The zero-order valence-electron chi connectivity index (χ0n) is 11.9. The lowest BCUT2D eigenvalue weighted by Gasteiger charge is -2.19. The Labute approximate surface area is 127 Å². The molecule has 0 bridgehead atoms. The molecule has 7 heteroatoms. The van der Waals surface area contributed by atoms with Crippen LogP contribution in [0.25, 0.3) is 0 Å². The van der Waals surface area contributed by atoms with Gasteiger partial charge in [-0.3, -0.25) is 9.59 Å². The first-order chi connectivity index (χ1) is 10.5. The van der Waals surface area contributed by atoms with Crippen molar-refractivity contribution in [1.29, 1.82) is 0 Å². The zero-order valence-corrected chi connectivity index (χ0v) is 11.9. The van der Waals surface area contributed by atoms with E-state index in [2.05, 4.69) is 4.74 Å². The van der Waals surface area contributed by atoms with Gasteiger partial charge in [0.05, 0.1) is 13.0 Å². The number of carbonyl (C=O) groups excluding carboxylic acids is 2. The largest absolute Gasteiger partial charge is 0.506 e. The van der Waals surface area contributed by atoms with E-state index in [0.717, 1.165) is 18.7 Å². The van der Waals surface area contributed by atoms with Gasteiger partial charge in [0, 0.05) is 24.3 Å². The Morgan fingerprint density at radius 3 is 2.27 bits per heavy atom. The third-order valence-corrected chi connectivity index (χ3v) is 3.90. The van der Waals surface area contributed by atoms with Gasteiger partial charge in [0.15, 0.2) is 0 Å². The molecule has 116 valence electrons. The molecule has 0 saturated carbocycles. The van der Waals surface area contributed by atoms with Crippen LogP contribution in [0.5, 0.6) is 0 Å². The Morgan fingerprint density at radius 2 is 1.73 bits per heavy atom. The molecule has 1 atom stereocenters. The van der Waals surface area contributed by atoms with Crippen molar-refractivity contribution in [3.8, 4) is 0 Å². The Morgan fingerprint density at radius 1 is 1.09 bits per heavy atom. The number of rotatable bonds is 3. The van der Waals surface area contributed by atoms with Crippen molar-refractivity contribution in [1.82, 2.24) is 0 Å². The average Bonchev–Trinajstić information content (AvgIpc) is 3.04. The van der Waals surface area contributed by atoms with E-state index in [4.69, 9.17) is 5.11 Å². The van der Waals surface area contributed by atoms with Crippen LogP contribution < -0.4 is 9.80 Å². The first kappa shape index (κ1) is 14.4. The van der Waals surface area contributed by atoms with Gasteiger partial charge in [-0.2, -0.15) is 0 Å². The summed E-state index contributed by atoms with van der Waals surface area (Å²) in [6.45, 7) is 0.933. The number of hydrogen-bond donors (Lipinski definition) is 1. The Hall–Kier alpha value is -2.57. The minimum absolute atomic E-state index is 0.0542. The van der Waals surface area contributed by atoms with E-state index in [9.17, 15) is 14.4 Å². The van der Waals surface area contributed by atoms with E-state index in [-0.39, 0.29) is 24.8 Å². The molecule has 22 heavy (non-hydrogen) atoms. The molecule has 1 unspecified atom stereocenters. The number of carboxylic acid groups (broad SMARTS) is 1. The summed E-state index contributed by atoms with van der Waals surface area (Å²) in [6.07, 6.45) is -0.522. The summed E-state index contributed by atoms with van der Waals surface area (Å²) in [6, 6.07) is 7.14. The molecule has 0 radical (unpaired) electrons. The molecule has 2 aliphatic rings. The molecular formula is C15H16N2O5. The second kappa shape index (κ2) is 5.67. The standard InChI is InChI=1S/C15H16N2O5/c18-13-2-1-7-16(13)10-3-5-11(6-4-10)17-9-12(8-14(17)19)22-15(20)21/h3-6,12H,1-2,7-9H2,(H,20,21). The predicted octanol–water partition coefficient (Wildman–Crippen LogP) is 1.61. The average molecular weight is 304 g/mol. The Kier molecular flexibility index (Phi) is 3.70. The molecule has 2 aliphatic heterocycles. The van der Waals surface area contributed by atoms with Crippen LogP contribution in [-0.2, 0) is 14.3 Å². The number of ether oxygens (including phenoxy) is 1. The first-order valence-electron chi connectivity index (χ1n) is 7.15. The molecule has 0 aromatic heterocycles. The fraction of sp³-hybridized carbons (Fsp3) is 0.400. The third kappa shape index (κ3) is 2.74. The first-order valence-corrected chi connectivity index (χ1v) is 7.15. The molecule has 3 rings (SSSR count). The molecular weight excluding hydrogens is 288 g/mol. The highest BCUT2D eigenvalue weighted by molar-refractivity contribution is 5.98. The maximum atomic E-state index is 11.9. The summed E-state index contributed by atoms with van der Waals surface area (Å²) in [5.74, 6) is -0.0591. The SMILES string of the molecule is O=C(O)OC1CC(=O)N(c2ccc(N3CCCC3=O)cc2)C1. The maximum absolute atomic E-state index is 11.9. The lowest BCUT2D eigenvalue weighted by molar-refractivity contribution is -0.118. The lowest BCUT2D eigenvalue weighted by atomic mass is 10.2. The molecule has 7 nitrogen and oxygen atoms in total. The monoisotopic (exact) mass is 304 g/mol. The lowest BCUT2D eigenvalue weighted by Crippen LogP contribution is -2.27. The highest BCUT2D eigenvalue weighted by atomic mass is 16.7.